The fraction of sp³-hybridized carbons (Fsp3) is 0.533. The number of benzene rings is 1. The molecule has 0 N–H and O–H groups in total. The number of ether oxygens (including phenoxy) is 1. The van der Waals surface area contributed by atoms with Crippen molar-refractivity contribution in [1.29, 1.82) is 0 Å². The number of aryl methyl sites for hydroxylation is 1. The smallest absolute Gasteiger partial charge is 0.132 e. The number of hydrogen-bond acceptors (Lipinski definition) is 2. The van der Waals surface area contributed by atoms with Gasteiger partial charge in [0.2, 0.25) is 0 Å². The van der Waals surface area contributed by atoms with Crippen molar-refractivity contribution in [2.75, 3.05) is 7.11 Å². The van der Waals surface area contributed by atoms with Gasteiger partial charge in [-0.25, -0.2) is 0 Å². The first-order valence-corrected chi connectivity index (χ1v) is 6.27. The van der Waals surface area contributed by atoms with Crippen molar-refractivity contribution in [2.24, 2.45) is 0 Å². The average molecular weight is 234 g/mol. The van der Waals surface area contributed by atoms with Gasteiger partial charge in [-0.05, 0) is 29.5 Å². The van der Waals surface area contributed by atoms with Crippen LogP contribution in [-0.4, -0.2) is 12.9 Å². The average Bonchev–Trinajstić information content (AvgIpc) is 2.35. The van der Waals surface area contributed by atoms with Gasteiger partial charge in [0.25, 0.3) is 0 Å². The standard InChI is InChI=1S/C15H22O2/c1-5-14(16)8-6-13-10-12(11(2)3)7-9-15(13)17-4/h7,9-11H,5-6,8H2,1-4H3. The summed E-state index contributed by atoms with van der Waals surface area (Å²) in [6, 6.07) is 6.25. The molecule has 1 aromatic carbocycles. The van der Waals surface area contributed by atoms with E-state index in [9.17, 15) is 4.79 Å². The number of methoxy groups -OCH3 is 1. The number of rotatable bonds is 6. The molecule has 0 atom stereocenters. The lowest BCUT2D eigenvalue weighted by Gasteiger charge is -2.12. The van der Waals surface area contributed by atoms with Gasteiger partial charge in [-0.1, -0.05) is 32.9 Å². The Kier molecular flexibility index (Phi) is 5.20. The van der Waals surface area contributed by atoms with Crippen LogP contribution in [0.25, 0.3) is 0 Å². The molecule has 0 amide bonds. The molecule has 0 saturated carbocycles. The Morgan fingerprint density at radius 1 is 1.35 bits per heavy atom. The zero-order chi connectivity index (χ0) is 12.8. The highest BCUT2D eigenvalue weighted by atomic mass is 16.5. The summed E-state index contributed by atoms with van der Waals surface area (Å²) < 4.78 is 5.33. The number of Topliss-reactive ketones (excluding diaryl/α,β-unsaturated/α-hetero) is 1. The molecule has 0 aliphatic carbocycles. The molecule has 94 valence electrons. The molecule has 0 fully saturated rings. The molecule has 0 unspecified atom stereocenters. The second kappa shape index (κ2) is 6.43. The molecule has 0 spiro atoms. The third-order valence-electron chi connectivity index (χ3n) is 3.04. The number of carbonyl (C=O) groups is 1. The minimum Gasteiger partial charge on any atom is -0.496 e. The van der Waals surface area contributed by atoms with Crippen molar-refractivity contribution in [3.05, 3.63) is 29.3 Å². The number of carbonyl (C=O) groups excluding carboxylic acids is 1. The zero-order valence-electron chi connectivity index (χ0n) is 11.2. The Morgan fingerprint density at radius 3 is 2.59 bits per heavy atom. The van der Waals surface area contributed by atoms with Gasteiger partial charge in [0.15, 0.2) is 0 Å². The highest BCUT2D eigenvalue weighted by molar-refractivity contribution is 5.78. The summed E-state index contributed by atoms with van der Waals surface area (Å²) in [6.45, 7) is 6.25. The monoisotopic (exact) mass is 234 g/mol. The van der Waals surface area contributed by atoms with E-state index in [0.717, 1.165) is 17.7 Å². The molecule has 2 nitrogen and oxygen atoms in total. The molecule has 0 aliphatic heterocycles. The van der Waals surface area contributed by atoms with E-state index in [-0.39, 0.29) is 0 Å². The molecule has 0 aliphatic rings. The van der Waals surface area contributed by atoms with Crippen LogP contribution in [0, 0.1) is 0 Å². The Morgan fingerprint density at radius 2 is 2.06 bits per heavy atom. The molecule has 0 heterocycles. The van der Waals surface area contributed by atoms with Crippen molar-refractivity contribution in [1.82, 2.24) is 0 Å². The van der Waals surface area contributed by atoms with Crippen LogP contribution in [0.5, 0.6) is 5.75 Å². The second-order valence-corrected chi connectivity index (χ2v) is 4.62. The van der Waals surface area contributed by atoms with E-state index >= 15 is 0 Å². The molecule has 0 radical (unpaired) electrons. The third-order valence-corrected chi connectivity index (χ3v) is 3.04. The highest BCUT2D eigenvalue weighted by Crippen LogP contribution is 2.25. The Hall–Kier alpha value is -1.31. The Balaban J connectivity index is 2.86. The maximum atomic E-state index is 11.4. The molecule has 0 aromatic heterocycles. The van der Waals surface area contributed by atoms with Gasteiger partial charge in [0.1, 0.15) is 11.5 Å². The number of hydrogen-bond donors (Lipinski definition) is 0. The van der Waals surface area contributed by atoms with Crippen LogP contribution in [0.15, 0.2) is 18.2 Å². The van der Waals surface area contributed by atoms with Gasteiger partial charge < -0.3 is 4.74 Å². The molecule has 1 aromatic rings. The maximum Gasteiger partial charge on any atom is 0.132 e. The summed E-state index contributed by atoms with van der Waals surface area (Å²) in [5, 5.41) is 0. The highest BCUT2D eigenvalue weighted by Gasteiger charge is 2.08. The van der Waals surface area contributed by atoms with E-state index < -0.39 is 0 Å². The molecular weight excluding hydrogens is 212 g/mol. The zero-order valence-corrected chi connectivity index (χ0v) is 11.2. The lowest BCUT2D eigenvalue weighted by molar-refractivity contribution is -0.118. The van der Waals surface area contributed by atoms with Crippen molar-refractivity contribution < 1.29 is 9.53 Å². The predicted molar refractivity (Wildman–Crippen MR) is 70.7 cm³/mol. The lowest BCUT2D eigenvalue weighted by atomic mass is 9.97. The van der Waals surface area contributed by atoms with Gasteiger partial charge in [-0.15, -0.1) is 0 Å². The fourth-order valence-corrected chi connectivity index (χ4v) is 1.80. The van der Waals surface area contributed by atoms with Crippen LogP contribution in [0.4, 0.5) is 0 Å². The van der Waals surface area contributed by atoms with Crippen molar-refractivity contribution in [2.45, 2.75) is 46.0 Å². The summed E-state index contributed by atoms with van der Waals surface area (Å²) in [5.74, 6) is 1.70. The summed E-state index contributed by atoms with van der Waals surface area (Å²) in [7, 11) is 1.68. The third kappa shape index (κ3) is 3.88. The van der Waals surface area contributed by atoms with E-state index in [0.29, 0.717) is 24.5 Å². The van der Waals surface area contributed by atoms with Crippen LogP contribution in [-0.2, 0) is 11.2 Å². The molecule has 2 heteroatoms. The quantitative estimate of drug-likeness (QED) is 0.749. The fourth-order valence-electron chi connectivity index (χ4n) is 1.80. The van der Waals surface area contributed by atoms with Gasteiger partial charge in [-0.2, -0.15) is 0 Å². The summed E-state index contributed by atoms with van der Waals surface area (Å²) in [4.78, 5) is 11.4. The molecule has 17 heavy (non-hydrogen) atoms. The molecule has 1 rings (SSSR count). The number of ketones is 1. The second-order valence-electron chi connectivity index (χ2n) is 4.62. The first kappa shape index (κ1) is 13.8. The minimum atomic E-state index is 0.307. The van der Waals surface area contributed by atoms with Gasteiger partial charge >= 0.3 is 0 Å². The topological polar surface area (TPSA) is 26.3 Å². The SMILES string of the molecule is CCC(=O)CCc1cc(C(C)C)ccc1OC. The Bertz CT molecular complexity index is 381. The summed E-state index contributed by atoms with van der Waals surface area (Å²) >= 11 is 0. The predicted octanol–water partition coefficient (Wildman–Crippen LogP) is 3.73. The maximum absolute atomic E-state index is 11.4. The van der Waals surface area contributed by atoms with E-state index in [2.05, 4.69) is 26.0 Å². The minimum absolute atomic E-state index is 0.307. The molecule has 0 saturated heterocycles. The molecular formula is C15H22O2. The van der Waals surface area contributed by atoms with Crippen LogP contribution in [0.3, 0.4) is 0 Å². The first-order chi connectivity index (χ1) is 8.08. The summed E-state index contributed by atoms with van der Waals surface area (Å²) in [5.41, 5.74) is 2.44. The van der Waals surface area contributed by atoms with Crippen molar-refractivity contribution in [3.63, 3.8) is 0 Å². The molecule has 0 bridgehead atoms. The van der Waals surface area contributed by atoms with Gasteiger partial charge in [0, 0.05) is 12.8 Å². The van der Waals surface area contributed by atoms with Crippen LogP contribution in [0.2, 0.25) is 0 Å². The van der Waals surface area contributed by atoms with E-state index in [1.165, 1.54) is 5.56 Å². The van der Waals surface area contributed by atoms with Gasteiger partial charge in [0.05, 0.1) is 7.11 Å². The van der Waals surface area contributed by atoms with Gasteiger partial charge in [-0.3, -0.25) is 4.79 Å². The largest absolute Gasteiger partial charge is 0.496 e. The van der Waals surface area contributed by atoms with Crippen LogP contribution < -0.4 is 4.74 Å². The van der Waals surface area contributed by atoms with Crippen molar-refractivity contribution >= 4 is 5.78 Å². The van der Waals surface area contributed by atoms with E-state index in [4.69, 9.17) is 4.74 Å². The summed E-state index contributed by atoms with van der Waals surface area (Å²) in [6.07, 6.45) is 2.00. The first-order valence-electron chi connectivity index (χ1n) is 6.27. The van der Waals surface area contributed by atoms with Crippen LogP contribution in [0.1, 0.15) is 50.7 Å². The van der Waals surface area contributed by atoms with Crippen molar-refractivity contribution in [3.8, 4) is 5.75 Å². The van der Waals surface area contributed by atoms with E-state index in [1.54, 1.807) is 7.11 Å². The Labute approximate surface area is 104 Å². The lowest BCUT2D eigenvalue weighted by Crippen LogP contribution is -2.01. The van der Waals surface area contributed by atoms with E-state index in [1.807, 2.05) is 13.0 Å². The normalized spacial score (nSPS) is 10.6. The van der Waals surface area contributed by atoms with Crippen LogP contribution >= 0.6 is 0 Å².